The van der Waals surface area contributed by atoms with Crippen LogP contribution >= 0.6 is 0 Å². The van der Waals surface area contributed by atoms with Crippen molar-refractivity contribution >= 4 is 11.9 Å². The monoisotopic (exact) mass is 410 g/mol. The second kappa shape index (κ2) is 10.2. The molecule has 1 heterocycles. The Kier molecular flexibility index (Phi) is 7.11. The molecule has 0 aliphatic carbocycles. The summed E-state index contributed by atoms with van der Waals surface area (Å²) in [6.45, 7) is 3.00. The van der Waals surface area contributed by atoms with E-state index >= 15 is 0 Å². The van der Waals surface area contributed by atoms with Crippen LogP contribution in [0.15, 0.2) is 42.5 Å². The highest BCUT2D eigenvalue weighted by molar-refractivity contribution is 5.81. The fourth-order valence-electron chi connectivity index (χ4n) is 2.83. The Labute approximate surface area is 174 Å². The molecule has 1 amide bonds. The van der Waals surface area contributed by atoms with E-state index < -0.39 is 5.97 Å². The summed E-state index contributed by atoms with van der Waals surface area (Å²) in [6.07, 6.45) is 0. The molecule has 0 aromatic heterocycles. The Morgan fingerprint density at radius 2 is 1.80 bits per heavy atom. The summed E-state index contributed by atoms with van der Waals surface area (Å²) in [6, 6.07) is 13.9. The SMILES string of the molecule is CCN(Cc1ccc2c(c1)OCCO2)C(=O)COC(=O)COc1ccc(C#N)cc1. The normalized spacial score (nSPS) is 11.9. The van der Waals surface area contributed by atoms with Crippen LogP contribution in [0.5, 0.6) is 17.2 Å². The van der Waals surface area contributed by atoms with Crippen LogP contribution in [0.25, 0.3) is 0 Å². The molecule has 2 aromatic rings. The number of amides is 1. The Hall–Kier alpha value is -3.73. The van der Waals surface area contributed by atoms with E-state index in [1.807, 2.05) is 31.2 Å². The second-order valence-electron chi connectivity index (χ2n) is 6.47. The minimum absolute atomic E-state index is 0.306. The molecular formula is C22H22N2O6. The zero-order chi connectivity index (χ0) is 21.3. The summed E-state index contributed by atoms with van der Waals surface area (Å²) in [5.41, 5.74) is 1.39. The Morgan fingerprint density at radius 3 is 2.50 bits per heavy atom. The van der Waals surface area contributed by atoms with Crippen LogP contribution in [0.4, 0.5) is 0 Å². The van der Waals surface area contributed by atoms with Crippen molar-refractivity contribution in [3.63, 3.8) is 0 Å². The predicted octanol–water partition coefficient (Wildman–Crippen LogP) is 2.30. The van der Waals surface area contributed by atoms with Crippen molar-refractivity contribution in [2.24, 2.45) is 0 Å². The molecule has 1 aliphatic heterocycles. The fourth-order valence-corrected chi connectivity index (χ4v) is 2.83. The third-order valence-electron chi connectivity index (χ3n) is 4.41. The first kappa shape index (κ1) is 21.0. The van der Waals surface area contributed by atoms with Crippen molar-refractivity contribution in [1.82, 2.24) is 4.90 Å². The smallest absolute Gasteiger partial charge is 0.344 e. The number of esters is 1. The van der Waals surface area contributed by atoms with Gasteiger partial charge in [-0.25, -0.2) is 4.79 Å². The third kappa shape index (κ3) is 5.64. The van der Waals surface area contributed by atoms with Gasteiger partial charge in [0.1, 0.15) is 19.0 Å². The van der Waals surface area contributed by atoms with Crippen molar-refractivity contribution in [3.05, 3.63) is 53.6 Å². The van der Waals surface area contributed by atoms with E-state index in [4.69, 9.17) is 24.2 Å². The first-order valence-electron chi connectivity index (χ1n) is 9.54. The lowest BCUT2D eigenvalue weighted by Gasteiger charge is -2.23. The highest BCUT2D eigenvalue weighted by Gasteiger charge is 2.17. The standard InChI is InChI=1S/C22H22N2O6/c1-2-24(13-17-5-8-19-20(11-17)28-10-9-27-19)21(25)14-30-22(26)15-29-18-6-3-16(12-23)4-7-18/h3-8,11H,2,9-10,13-15H2,1H3. The van der Waals surface area contributed by atoms with Crippen LogP contribution in [0, 0.1) is 11.3 Å². The van der Waals surface area contributed by atoms with E-state index in [1.165, 1.54) is 0 Å². The van der Waals surface area contributed by atoms with Crippen molar-refractivity contribution in [3.8, 4) is 23.3 Å². The van der Waals surface area contributed by atoms with E-state index in [1.54, 1.807) is 29.2 Å². The lowest BCUT2D eigenvalue weighted by Crippen LogP contribution is -2.34. The molecule has 0 fully saturated rings. The van der Waals surface area contributed by atoms with Crippen molar-refractivity contribution < 1.29 is 28.5 Å². The third-order valence-corrected chi connectivity index (χ3v) is 4.41. The van der Waals surface area contributed by atoms with Gasteiger partial charge >= 0.3 is 5.97 Å². The quantitative estimate of drug-likeness (QED) is 0.616. The average Bonchev–Trinajstić information content (AvgIpc) is 2.79. The van der Waals surface area contributed by atoms with E-state index in [9.17, 15) is 9.59 Å². The van der Waals surface area contributed by atoms with Gasteiger partial charge in [-0.05, 0) is 48.9 Å². The van der Waals surface area contributed by atoms with Crippen molar-refractivity contribution in [2.45, 2.75) is 13.5 Å². The molecule has 0 bridgehead atoms. The Morgan fingerprint density at radius 1 is 1.07 bits per heavy atom. The highest BCUT2D eigenvalue weighted by Crippen LogP contribution is 2.31. The van der Waals surface area contributed by atoms with E-state index in [-0.39, 0.29) is 19.1 Å². The molecule has 1 aliphatic rings. The predicted molar refractivity (Wildman–Crippen MR) is 106 cm³/mol. The molecule has 156 valence electrons. The molecule has 0 saturated carbocycles. The molecule has 0 spiro atoms. The number of ether oxygens (including phenoxy) is 4. The number of hydrogen-bond acceptors (Lipinski definition) is 7. The van der Waals surface area contributed by atoms with Gasteiger partial charge < -0.3 is 23.8 Å². The number of carbonyl (C=O) groups excluding carboxylic acids is 2. The van der Waals surface area contributed by atoms with E-state index in [2.05, 4.69) is 0 Å². The first-order valence-corrected chi connectivity index (χ1v) is 9.54. The van der Waals surface area contributed by atoms with Gasteiger partial charge in [0.05, 0.1) is 11.6 Å². The van der Waals surface area contributed by atoms with Crippen molar-refractivity contribution in [2.75, 3.05) is 33.0 Å². The maximum Gasteiger partial charge on any atom is 0.344 e. The number of nitriles is 1. The molecule has 8 nitrogen and oxygen atoms in total. The molecule has 8 heteroatoms. The molecule has 0 saturated heterocycles. The summed E-state index contributed by atoms with van der Waals surface area (Å²) in [5, 5.41) is 8.77. The Bertz CT molecular complexity index is 936. The molecule has 2 aromatic carbocycles. The number of fused-ring (bicyclic) bond motifs is 1. The maximum atomic E-state index is 12.4. The molecule has 0 radical (unpaired) electrons. The van der Waals surface area contributed by atoms with Crippen LogP contribution in [-0.2, 0) is 20.9 Å². The van der Waals surface area contributed by atoms with E-state index in [0.29, 0.717) is 49.1 Å². The molecule has 0 unspecified atom stereocenters. The van der Waals surface area contributed by atoms with E-state index in [0.717, 1.165) is 5.56 Å². The highest BCUT2D eigenvalue weighted by atomic mass is 16.6. The molecular weight excluding hydrogens is 388 g/mol. The number of carbonyl (C=O) groups is 2. The van der Waals surface area contributed by atoms with Gasteiger partial charge in [-0.2, -0.15) is 5.26 Å². The number of hydrogen-bond donors (Lipinski definition) is 0. The van der Waals surface area contributed by atoms with Crippen LogP contribution < -0.4 is 14.2 Å². The molecule has 3 rings (SSSR count). The maximum absolute atomic E-state index is 12.4. The topological polar surface area (TPSA) is 98.1 Å². The van der Waals surface area contributed by atoms with Crippen LogP contribution in [-0.4, -0.2) is 49.7 Å². The first-order chi connectivity index (χ1) is 14.6. The van der Waals surface area contributed by atoms with Gasteiger partial charge in [0.15, 0.2) is 24.7 Å². The molecule has 0 atom stereocenters. The molecule has 30 heavy (non-hydrogen) atoms. The number of rotatable bonds is 8. The van der Waals surface area contributed by atoms with Gasteiger partial charge in [0, 0.05) is 13.1 Å². The summed E-state index contributed by atoms with van der Waals surface area (Å²) >= 11 is 0. The number of benzene rings is 2. The molecule has 0 N–H and O–H groups in total. The lowest BCUT2D eigenvalue weighted by atomic mass is 10.2. The second-order valence-corrected chi connectivity index (χ2v) is 6.47. The minimum atomic E-state index is -0.650. The van der Waals surface area contributed by atoms with Gasteiger partial charge in [0.25, 0.3) is 5.91 Å². The van der Waals surface area contributed by atoms with Gasteiger partial charge in [-0.15, -0.1) is 0 Å². The fraction of sp³-hybridized carbons (Fsp3) is 0.318. The van der Waals surface area contributed by atoms with Gasteiger partial charge in [0.2, 0.25) is 0 Å². The summed E-state index contributed by atoms with van der Waals surface area (Å²) in [7, 11) is 0. The summed E-state index contributed by atoms with van der Waals surface area (Å²) < 4.78 is 21.4. The van der Waals surface area contributed by atoms with Gasteiger partial charge in [-0.1, -0.05) is 6.07 Å². The Balaban J connectivity index is 1.46. The zero-order valence-corrected chi connectivity index (χ0v) is 16.6. The number of nitrogens with zero attached hydrogens (tertiary/aromatic N) is 2. The van der Waals surface area contributed by atoms with Gasteiger partial charge in [-0.3, -0.25) is 4.79 Å². The van der Waals surface area contributed by atoms with Crippen LogP contribution in [0.1, 0.15) is 18.1 Å². The zero-order valence-electron chi connectivity index (χ0n) is 16.6. The largest absolute Gasteiger partial charge is 0.486 e. The lowest BCUT2D eigenvalue weighted by molar-refractivity contribution is -0.153. The minimum Gasteiger partial charge on any atom is -0.486 e. The summed E-state index contributed by atoms with van der Waals surface area (Å²) in [4.78, 5) is 25.9. The summed E-state index contributed by atoms with van der Waals surface area (Å²) in [5.74, 6) is 0.831. The average molecular weight is 410 g/mol. The number of likely N-dealkylation sites (N-methyl/N-ethyl adjacent to an activating group) is 1. The van der Waals surface area contributed by atoms with Crippen LogP contribution in [0.3, 0.4) is 0 Å². The van der Waals surface area contributed by atoms with Crippen LogP contribution in [0.2, 0.25) is 0 Å². The van der Waals surface area contributed by atoms with Crippen molar-refractivity contribution in [1.29, 1.82) is 5.26 Å².